The molecule has 3 N–H and O–H groups in total. The first-order valence-electron chi connectivity index (χ1n) is 5.64. The second-order valence-electron chi connectivity index (χ2n) is 4.21. The van der Waals surface area contributed by atoms with Gasteiger partial charge in [0.1, 0.15) is 0 Å². The van der Waals surface area contributed by atoms with E-state index in [4.69, 9.17) is 5.11 Å². The molecule has 0 unspecified atom stereocenters. The van der Waals surface area contributed by atoms with Gasteiger partial charge in [0.25, 0.3) is 0 Å². The van der Waals surface area contributed by atoms with Gasteiger partial charge in [0.15, 0.2) is 0 Å². The highest BCUT2D eigenvalue weighted by Crippen LogP contribution is 2.18. The van der Waals surface area contributed by atoms with Crippen LogP contribution >= 0.6 is 0 Å². The molecule has 0 aliphatic carbocycles. The zero-order chi connectivity index (χ0) is 13.1. The number of nitrogens with zero attached hydrogens (tertiary/aromatic N) is 1. The number of H-pyrrole nitrogens is 1. The van der Waals surface area contributed by atoms with E-state index in [0.717, 1.165) is 22.5 Å². The topological polar surface area (TPSA) is 78.0 Å². The maximum absolute atomic E-state index is 10.9. The van der Waals surface area contributed by atoms with Gasteiger partial charge in [-0.25, -0.2) is 4.79 Å². The third kappa shape index (κ3) is 2.51. The van der Waals surface area contributed by atoms with Crippen LogP contribution in [-0.4, -0.2) is 21.3 Å². The highest BCUT2D eigenvalue weighted by molar-refractivity contribution is 5.89. The van der Waals surface area contributed by atoms with Crippen LogP contribution in [0.15, 0.2) is 24.4 Å². The second kappa shape index (κ2) is 4.91. The first-order valence-corrected chi connectivity index (χ1v) is 5.64. The number of rotatable bonds is 4. The molecule has 0 bridgehead atoms. The number of hydrogen-bond donors (Lipinski definition) is 3. The van der Waals surface area contributed by atoms with E-state index >= 15 is 0 Å². The third-order valence-corrected chi connectivity index (χ3v) is 2.89. The minimum absolute atomic E-state index is 0.284. The SMILES string of the molecule is Cc1ccc(C(=O)O)cc1NCc1cn[nH]c1C. The predicted octanol–water partition coefficient (Wildman–Crippen LogP) is 2.34. The van der Waals surface area contributed by atoms with Crippen LogP contribution in [0, 0.1) is 13.8 Å². The Morgan fingerprint density at radius 1 is 1.44 bits per heavy atom. The first-order chi connectivity index (χ1) is 8.58. The average molecular weight is 245 g/mol. The van der Waals surface area contributed by atoms with Crippen molar-refractivity contribution < 1.29 is 9.90 Å². The molecule has 0 aliphatic heterocycles. The highest BCUT2D eigenvalue weighted by atomic mass is 16.4. The lowest BCUT2D eigenvalue weighted by Crippen LogP contribution is -2.04. The van der Waals surface area contributed by atoms with E-state index in [0.29, 0.717) is 6.54 Å². The quantitative estimate of drug-likeness (QED) is 0.772. The van der Waals surface area contributed by atoms with Gasteiger partial charge in [-0.15, -0.1) is 0 Å². The van der Waals surface area contributed by atoms with Gasteiger partial charge in [-0.2, -0.15) is 5.10 Å². The van der Waals surface area contributed by atoms with Crippen molar-refractivity contribution in [2.45, 2.75) is 20.4 Å². The van der Waals surface area contributed by atoms with Crippen LogP contribution in [0.2, 0.25) is 0 Å². The van der Waals surface area contributed by atoms with Gasteiger partial charge in [-0.05, 0) is 31.5 Å². The minimum atomic E-state index is -0.919. The number of aromatic nitrogens is 2. The van der Waals surface area contributed by atoms with E-state index in [1.54, 1.807) is 24.4 Å². The number of carboxylic acids is 1. The molecule has 1 aromatic heterocycles. The van der Waals surface area contributed by atoms with E-state index in [-0.39, 0.29) is 5.56 Å². The first kappa shape index (κ1) is 12.2. The van der Waals surface area contributed by atoms with Crippen LogP contribution in [0.5, 0.6) is 0 Å². The van der Waals surface area contributed by atoms with Crippen LogP contribution in [0.1, 0.15) is 27.2 Å². The lowest BCUT2D eigenvalue weighted by Gasteiger charge is -2.10. The Kier molecular flexibility index (Phi) is 3.32. The molecule has 5 nitrogen and oxygen atoms in total. The molecule has 0 amide bonds. The molecule has 0 saturated carbocycles. The molecule has 18 heavy (non-hydrogen) atoms. The molecule has 1 heterocycles. The number of anilines is 1. The molecule has 0 aliphatic rings. The number of benzene rings is 1. The zero-order valence-corrected chi connectivity index (χ0v) is 10.3. The number of hydrogen-bond acceptors (Lipinski definition) is 3. The fraction of sp³-hybridized carbons (Fsp3) is 0.231. The van der Waals surface area contributed by atoms with Crippen molar-refractivity contribution in [2.75, 3.05) is 5.32 Å². The van der Waals surface area contributed by atoms with Gasteiger partial charge in [0, 0.05) is 23.5 Å². The molecule has 0 fully saturated rings. The molecule has 2 rings (SSSR count). The molecule has 0 saturated heterocycles. The van der Waals surface area contributed by atoms with Crippen LogP contribution in [0.25, 0.3) is 0 Å². The summed E-state index contributed by atoms with van der Waals surface area (Å²) in [6.07, 6.45) is 1.76. The van der Waals surface area contributed by atoms with Gasteiger partial charge in [-0.1, -0.05) is 6.07 Å². The molecular formula is C13H15N3O2. The van der Waals surface area contributed by atoms with Crippen molar-refractivity contribution in [3.05, 3.63) is 46.8 Å². The van der Waals surface area contributed by atoms with Crippen LogP contribution in [0.4, 0.5) is 5.69 Å². The Labute approximate surface area is 105 Å². The molecule has 0 spiro atoms. The summed E-state index contributed by atoms with van der Waals surface area (Å²) in [7, 11) is 0. The van der Waals surface area contributed by atoms with Crippen LogP contribution in [-0.2, 0) is 6.54 Å². The summed E-state index contributed by atoms with van der Waals surface area (Å²) in [5, 5.41) is 19.0. The summed E-state index contributed by atoms with van der Waals surface area (Å²) < 4.78 is 0. The van der Waals surface area contributed by atoms with E-state index < -0.39 is 5.97 Å². The van der Waals surface area contributed by atoms with E-state index in [1.807, 2.05) is 13.8 Å². The number of aryl methyl sites for hydroxylation is 2. The fourth-order valence-electron chi connectivity index (χ4n) is 1.69. The minimum Gasteiger partial charge on any atom is -0.478 e. The van der Waals surface area contributed by atoms with E-state index in [9.17, 15) is 4.79 Å². The van der Waals surface area contributed by atoms with Crippen molar-refractivity contribution in [1.29, 1.82) is 0 Å². The molecule has 0 radical (unpaired) electrons. The van der Waals surface area contributed by atoms with Gasteiger partial charge in [-0.3, -0.25) is 5.10 Å². The van der Waals surface area contributed by atoms with Gasteiger partial charge in [0.05, 0.1) is 11.8 Å². The lowest BCUT2D eigenvalue weighted by atomic mass is 10.1. The molecule has 1 aromatic carbocycles. The largest absolute Gasteiger partial charge is 0.478 e. The maximum atomic E-state index is 10.9. The predicted molar refractivity (Wildman–Crippen MR) is 68.8 cm³/mol. The summed E-state index contributed by atoms with van der Waals surface area (Å²) in [5.74, 6) is -0.919. The summed E-state index contributed by atoms with van der Waals surface area (Å²) in [5.41, 5.74) is 4.20. The number of nitrogens with one attached hydrogen (secondary N) is 2. The number of aromatic carboxylic acids is 1. The number of carboxylic acid groups (broad SMARTS) is 1. The highest BCUT2D eigenvalue weighted by Gasteiger charge is 2.07. The monoisotopic (exact) mass is 245 g/mol. The zero-order valence-electron chi connectivity index (χ0n) is 10.3. The smallest absolute Gasteiger partial charge is 0.335 e. The summed E-state index contributed by atoms with van der Waals surface area (Å²) in [6, 6.07) is 5.05. The summed E-state index contributed by atoms with van der Waals surface area (Å²) in [6.45, 7) is 4.51. The number of aromatic amines is 1. The van der Waals surface area contributed by atoms with Crippen LogP contribution in [0.3, 0.4) is 0 Å². The van der Waals surface area contributed by atoms with Gasteiger partial charge < -0.3 is 10.4 Å². The standard InChI is InChI=1S/C13H15N3O2/c1-8-3-4-10(13(17)18)5-12(8)14-6-11-7-15-16-9(11)2/h3-5,7,14H,6H2,1-2H3,(H,15,16)(H,17,18). The van der Waals surface area contributed by atoms with Crippen molar-refractivity contribution in [3.63, 3.8) is 0 Å². The molecule has 2 aromatic rings. The van der Waals surface area contributed by atoms with Gasteiger partial charge in [0.2, 0.25) is 0 Å². The van der Waals surface area contributed by atoms with Crippen molar-refractivity contribution >= 4 is 11.7 Å². The second-order valence-corrected chi connectivity index (χ2v) is 4.21. The van der Waals surface area contributed by atoms with E-state index in [1.165, 1.54) is 0 Å². The molecule has 94 valence electrons. The maximum Gasteiger partial charge on any atom is 0.335 e. The molecular weight excluding hydrogens is 230 g/mol. The fourth-order valence-corrected chi connectivity index (χ4v) is 1.69. The Balaban J connectivity index is 2.16. The summed E-state index contributed by atoms with van der Waals surface area (Å²) in [4.78, 5) is 10.9. The van der Waals surface area contributed by atoms with Crippen molar-refractivity contribution in [3.8, 4) is 0 Å². The average Bonchev–Trinajstić information content (AvgIpc) is 2.73. The molecule has 0 atom stereocenters. The van der Waals surface area contributed by atoms with E-state index in [2.05, 4.69) is 15.5 Å². The van der Waals surface area contributed by atoms with Gasteiger partial charge >= 0.3 is 5.97 Å². The Hall–Kier alpha value is -2.30. The Morgan fingerprint density at radius 3 is 2.83 bits per heavy atom. The third-order valence-electron chi connectivity index (χ3n) is 2.89. The van der Waals surface area contributed by atoms with Crippen molar-refractivity contribution in [1.82, 2.24) is 10.2 Å². The van der Waals surface area contributed by atoms with Crippen molar-refractivity contribution in [2.24, 2.45) is 0 Å². The molecule has 5 heteroatoms. The number of carbonyl (C=O) groups is 1. The van der Waals surface area contributed by atoms with Crippen LogP contribution < -0.4 is 5.32 Å². The Bertz CT molecular complexity index is 575. The lowest BCUT2D eigenvalue weighted by molar-refractivity contribution is 0.0697. The summed E-state index contributed by atoms with van der Waals surface area (Å²) >= 11 is 0. The normalized spacial score (nSPS) is 10.3. The Morgan fingerprint density at radius 2 is 2.22 bits per heavy atom.